The molecule has 0 radical (unpaired) electrons. The van der Waals surface area contributed by atoms with Gasteiger partial charge in [-0.2, -0.15) is 11.8 Å². The van der Waals surface area contributed by atoms with Gasteiger partial charge >= 0.3 is 0 Å². The summed E-state index contributed by atoms with van der Waals surface area (Å²) in [5.41, 5.74) is 1.26. The molecule has 2 rings (SSSR count). The first-order valence-corrected chi connectivity index (χ1v) is 8.19. The molecule has 0 bridgehead atoms. The maximum atomic E-state index is 4.54. The third-order valence-corrected chi connectivity index (χ3v) is 5.10. The fourth-order valence-electron chi connectivity index (χ4n) is 2.84. The molecule has 100 valence electrons. The molecule has 0 saturated carbocycles. The molecular weight excluding hydrogens is 240 g/mol. The first-order valence-electron chi connectivity index (χ1n) is 6.90. The molecule has 3 heteroatoms. The molecule has 1 fully saturated rings. The van der Waals surface area contributed by atoms with Crippen LogP contribution in [0.25, 0.3) is 0 Å². The molecule has 0 amide bonds. The third-order valence-electron chi connectivity index (χ3n) is 3.97. The highest BCUT2D eigenvalue weighted by atomic mass is 32.2. The van der Waals surface area contributed by atoms with E-state index in [1.54, 1.807) is 0 Å². The van der Waals surface area contributed by atoms with Crippen LogP contribution >= 0.6 is 11.8 Å². The Balaban J connectivity index is 1.99. The van der Waals surface area contributed by atoms with Gasteiger partial charge in [0.2, 0.25) is 0 Å². The lowest BCUT2D eigenvalue weighted by Crippen LogP contribution is -2.39. The number of thioether (sulfide) groups is 1. The summed E-state index contributed by atoms with van der Waals surface area (Å²) in [4.78, 5) is 7.13. The molecule has 1 aromatic heterocycles. The SMILES string of the molecule is CSC(c1ccccn1)C1CCN(C(C)C)CC1. The molecule has 2 heterocycles. The van der Waals surface area contributed by atoms with Crippen molar-refractivity contribution in [2.75, 3.05) is 19.3 Å². The van der Waals surface area contributed by atoms with Crippen LogP contribution in [0.1, 0.15) is 37.6 Å². The highest BCUT2D eigenvalue weighted by molar-refractivity contribution is 7.98. The second-order valence-corrected chi connectivity index (χ2v) is 6.36. The zero-order valence-electron chi connectivity index (χ0n) is 11.7. The van der Waals surface area contributed by atoms with Gasteiger partial charge in [0, 0.05) is 17.5 Å². The Hall–Kier alpha value is -0.540. The van der Waals surface area contributed by atoms with E-state index in [0.717, 1.165) is 5.92 Å². The molecule has 1 aromatic rings. The van der Waals surface area contributed by atoms with Crippen molar-refractivity contribution in [3.05, 3.63) is 30.1 Å². The van der Waals surface area contributed by atoms with E-state index < -0.39 is 0 Å². The van der Waals surface area contributed by atoms with E-state index in [1.807, 2.05) is 24.0 Å². The zero-order chi connectivity index (χ0) is 13.0. The van der Waals surface area contributed by atoms with Gasteiger partial charge in [0.25, 0.3) is 0 Å². The number of aromatic nitrogens is 1. The molecule has 0 spiro atoms. The number of piperidine rings is 1. The van der Waals surface area contributed by atoms with Gasteiger partial charge in [-0.15, -0.1) is 0 Å². The lowest BCUT2D eigenvalue weighted by atomic mass is 9.91. The molecule has 0 N–H and O–H groups in total. The van der Waals surface area contributed by atoms with Crippen molar-refractivity contribution in [2.24, 2.45) is 5.92 Å². The lowest BCUT2D eigenvalue weighted by molar-refractivity contribution is 0.148. The van der Waals surface area contributed by atoms with Gasteiger partial charge in [-0.3, -0.25) is 4.98 Å². The van der Waals surface area contributed by atoms with Gasteiger partial charge in [-0.1, -0.05) is 6.07 Å². The van der Waals surface area contributed by atoms with Gasteiger partial charge in [-0.25, -0.2) is 0 Å². The Morgan fingerprint density at radius 2 is 2.00 bits per heavy atom. The largest absolute Gasteiger partial charge is 0.301 e. The van der Waals surface area contributed by atoms with Crippen LogP contribution < -0.4 is 0 Å². The van der Waals surface area contributed by atoms with Gasteiger partial charge < -0.3 is 4.90 Å². The summed E-state index contributed by atoms with van der Waals surface area (Å²) >= 11 is 1.96. The Kier molecular flexibility index (Phi) is 5.07. The second kappa shape index (κ2) is 6.58. The fraction of sp³-hybridized carbons (Fsp3) is 0.667. The summed E-state index contributed by atoms with van der Waals surface area (Å²) < 4.78 is 0. The summed E-state index contributed by atoms with van der Waals surface area (Å²) in [7, 11) is 0. The van der Waals surface area contributed by atoms with Gasteiger partial charge in [0.15, 0.2) is 0 Å². The van der Waals surface area contributed by atoms with Crippen molar-refractivity contribution >= 4 is 11.8 Å². The van der Waals surface area contributed by atoms with Crippen molar-refractivity contribution in [1.82, 2.24) is 9.88 Å². The summed E-state index contributed by atoms with van der Waals surface area (Å²) in [5.74, 6) is 0.782. The Labute approximate surface area is 115 Å². The average molecular weight is 264 g/mol. The molecule has 1 unspecified atom stereocenters. The Morgan fingerprint density at radius 3 is 2.50 bits per heavy atom. The highest BCUT2D eigenvalue weighted by Crippen LogP contribution is 2.38. The third kappa shape index (κ3) is 3.27. The van der Waals surface area contributed by atoms with Crippen LogP contribution in [0.3, 0.4) is 0 Å². The second-order valence-electron chi connectivity index (χ2n) is 5.38. The summed E-state index contributed by atoms with van der Waals surface area (Å²) in [5, 5.41) is 0.570. The molecule has 0 aliphatic carbocycles. The summed E-state index contributed by atoms with van der Waals surface area (Å²) in [6.45, 7) is 7.08. The van der Waals surface area contributed by atoms with Crippen molar-refractivity contribution in [3.63, 3.8) is 0 Å². The van der Waals surface area contributed by atoms with E-state index in [4.69, 9.17) is 0 Å². The average Bonchev–Trinajstić information content (AvgIpc) is 2.41. The molecule has 1 atom stereocenters. The molecule has 1 aliphatic rings. The Morgan fingerprint density at radius 1 is 1.28 bits per heavy atom. The summed E-state index contributed by atoms with van der Waals surface area (Å²) in [6, 6.07) is 6.97. The summed E-state index contributed by atoms with van der Waals surface area (Å²) in [6.07, 6.45) is 6.75. The van der Waals surface area contributed by atoms with Gasteiger partial charge in [-0.05, 0) is 64.1 Å². The van der Waals surface area contributed by atoms with Crippen molar-refractivity contribution < 1.29 is 0 Å². The number of hydrogen-bond acceptors (Lipinski definition) is 3. The van der Waals surface area contributed by atoms with E-state index in [0.29, 0.717) is 11.3 Å². The van der Waals surface area contributed by atoms with Crippen LogP contribution in [0.5, 0.6) is 0 Å². The van der Waals surface area contributed by atoms with E-state index in [2.05, 4.69) is 42.1 Å². The van der Waals surface area contributed by atoms with Crippen LogP contribution in [0.4, 0.5) is 0 Å². The lowest BCUT2D eigenvalue weighted by Gasteiger charge is -2.37. The fourth-order valence-corrected chi connectivity index (χ4v) is 3.88. The van der Waals surface area contributed by atoms with Gasteiger partial charge in [0.1, 0.15) is 0 Å². The molecule has 18 heavy (non-hydrogen) atoms. The molecule has 0 aromatic carbocycles. The molecule has 2 nitrogen and oxygen atoms in total. The quantitative estimate of drug-likeness (QED) is 0.826. The minimum atomic E-state index is 0.570. The topological polar surface area (TPSA) is 16.1 Å². The molecular formula is C15H24N2S. The number of rotatable bonds is 4. The van der Waals surface area contributed by atoms with Crippen LogP contribution in [0.15, 0.2) is 24.4 Å². The van der Waals surface area contributed by atoms with Crippen molar-refractivity contribution in [2.45, 2.75) is 38.0 Å². The van der Waals surface area contributed by atoms with Crippen LogP contribution in [-0.2, 0) is 0 Å². The van der Waals surface area contributed by atoms with Crippen molar-refractivity contribution in [1.29, 1.82) is 0 Å². The minimum absolute atomic E-state index is 0.570. The highest BCUT2D eigenvalue weighted by Gasteiger charge is 2.28. The van der Waals surface area contributed by atoms with Crippen LogP contribution in [0.2, 0.25) is 0 Å². The smallest absolute Gasteiger partial charge is 0.0536 e. The number of likely N-dealkylation sites (tertiary alicyclic amines) is 1. The van der Waals surface area contributed by atoms with Crippen LogP contribution in [-0.4, -0.2) is 35.3 Å². The molecule has 1 saturated heterocycles. The number of pyridine rings is 1. The minimum Gasteiger partial charge on any atom is -0.301 e. The van der Waals surface area contributed by atoms with Crippen LogP contribution in [0, 0.1) is 5.92 Å². The maximum Gasteiger partial charge on any atom is 0.0536 e. The van der Waals surface area contributed by atoms with E-state index in [-0.39, 0.29) is 0 Å². The van der Waals surface area contributed by atoms with E-state index in [1.165, 1.54) is 31.6 Å². The maximum absolute atomic E-state index is 4.54. The van der Waals surface area contributed by atoms with Crippen molar-refractivity contribution in [3.8, 4) is 0 Å². The predicted octanol–water partition coefficient (Wildman–Crippen LogP) is 3.61. The predicted molar refractivity (Wildman–Crippen MR) is 79.9 cm³/mol. The monoisotopic (exact) mass is 264 g/mol. The standard InChI is InChI=1S/C15H24N2S/c1-12(2)17-10-7-13(8-11-17)15(18-3)14-6-4-5-9-16-14/h4-6,9,12-13,15H,7-8,10-11H2,1-3H3. The molecule has 1 aliphatic heterocycles. The normalized spacial score (nSPS) is 20.2. The van der Waals surface area contributed by atoms with Gasteiger partial charge in [0.05, 0.1) is 5.69 Å². The first-order chi connectivity index (χ1) is 8.72. The van der Waals surface area contributed by atoms with E-state index in [9.17, 15) is 0 Å². The zero-order valence-corrected chi connectivity index (χ0v) is 12.5. The first kappa shape index (κ1) is 13.9. The number of hydrogen-bond donors (Lipinski definition) is 0. The number of nitrogens with zero attached hydrogens (tertiary/aromatic N) is 2. The Bertz CT molecular complexity index is 345. The van der Waals surface area contributed by atoms with E-state index >= 15 is 0 Å².